The molecule has 0 bridgehead atoms. The molecule has 0 atom stereocenters. The highest BCUT2D eigenvalue weighted by atomic mass is 32.2. The third-order valence-electron chi connectivity index (χ3n) is 4.14. The molecule has 0 saturated heterocycles. The number of nitrogens with one attached hydrogen (secondary N) is 1. The number of nitriles is 2. The van der Waals surface area contributed by atoms with Crippen LogP contribution in [0.2, 0.25) is 0 Å². The number of thiazole rings is 1. The van der Waals surface area contributed by atoms with Gasteiger partial charge in [0.1, 0.15) is 23.0 Å². The van der Waals surface area contributed by atoms with Crippen LogP contribution in [0.3, 0.4) is 0 Å². The number of amides is 1. The second-order valence-electron chi connectivity index (χ2n) is 6.48. The first-order valence-corrected chi connectivity index (χ1v) is 10.7. The monoisotopic (exact) mass is 422 g/mol. The minimum Gasteiger partial charge on any atom is -0.383 e. The number of carbonyl (C=O) groups is 1. The number of benzene rings is 1. The van der Waals surface area contributed by atoms with E-state index in [0.717, 1.165) is 10.2 Å². The van der Waals surface area contributed by atoms with E-state index in [0.29, 0.717) is 27.0 Å². The number of anilines is 2. The zero-order valence-corrected chi connectivity index (χ0v) is 17.5. The number of thioether (sulfide) groups is 1. The van der Waals surface area contributed by atoms with E-state index >= 15 is 0 Å². The number of rotatable bonds is 6. The smallest absolute Gasteiger partial charge is 0.226 e. The van der Waals surface area contributed by atoms with Crippen LogP contribution in [0.15, 0.2) is 29.3 Å². The summed E-state index contributed by atoms with van der Waals surface area (Å²) in [6, 6.07) is 11.9. The summed E-state index contributed by atoms with van der Waals surface area (Å²) in [5, 5.41) is 22.8. The molecule has 0 unspecified atom stereocenters. The Bertz CT molecular complexity index is 1120. The molecule has 0 fully saturated rings. The Hall–Kier alpha value is -3.14. The highest BCUT2D eigenvalue weighted by molar-refractivity contribution is 7.99. The SMILES string of the molecule is CC(C)c1c(C#N)c(N)nc(SCCC(=O)Nc2nc3ccccc3s2)c1C#N. The summed E-state index contributed by atoms with van der Waals surface area (Å²) in [6.07, 6.45) is 0.226. The highest BCUT2D eigenvalue weighted by Crippen LogP contribution is 2.33. The lowest BCUT2D eigenvalue weighted by atomic mass is 9.94. The Morgan fingerprint density at radius 1 is 1.24 bits per heavy atom. The van der Waals surface area contributed by atoms with Crippen molar-refractivity contribution in [2.75, 3.05) is 16.8 Å². The molecule has 2 aromatic heterocycles. The number of hydrogen-bond acceptors (Lipinski definition) is 8. The molecular formula is C20H18N6OS2. The molecule has 0 spiro atoms. The molecule has 0 saturated carbocycles. The standard InChI is InChI=1S/C20H18N6OS2/c1-11(2)17-12(9-21)18(23)26-19(13(17)10-22)28-8-7-16(27)25-20-24-14-5-3-4-6-15(14)29-20/h3-6,11H,7-8H2,1-2H3,(H2,23,26)(H,24,25,27). The van der Waals surface area contributed by atoms with Crippen LogP contribution in [0.5, 0.6) is 0 Å². The summed E-state index contributed by atoms with van der Waals surface area (Å²) in [7, 11) is 0. The van der Waals surface area contributed by atoms with Crippen molar-refractivity contribution >= 4 is 50.2 Å². The number of aromatic nitrogens is 2. The van der Waals surface area contributed by atoms with Gasteiger partial charge in [0.15, 0.2) is 5.13 Å². The molecule has 1 amide bonds. The predicted molar refractivity (Wildman–Crippen MR) is 116 cm³/mol. The van der Waals surface area contributed by atoms with Crippen molar-refractivity contribution in [3.8, 4) is 12.1 Å². The molecule has 146 valence electrons. The fraction of sp³-hybridized carbons (Fsp3) is 0.250. The van der Waals surface area contributed by atoms with Gasteiger partial charge < -0.3 is 11.1 Å². The number of nitrogens with zero attached hydrogens (tertiary/aromatic N) is 4. The molecule has 0 aliphatic rings. The van der Waals surface area contributed by atoms with Gasteiger partial charge in [0.05, 0.1) is 21.3 Å². The van der Waals surface area contributed by atoms with Gasteiger partial charge in [0.25, 0.3) is 0 Å². The first kappa shape index (κ1) is 20.6. The van der Waals surface area contributed by atoms with Gasteiger partial charge in [-0.1, -0.05) is 37.3 Å². The van der Waals surface area contributed by atoms with Gasteiger partial charge in [-0.05, 0) is 23.6 Å². The maximum absolute atomic E-state index is 12.3. The van der Waals surface area contributed by atoms with Crippen LogP contribution in [0.25, 0.3) is 10.2 Å². The van der Waals surface area contributed by atoms with Crippen molar-refractivity contribution in [1.82, 2.24) is 9.97 Å². The summed E-state index contributed by atoms with van der Waals surface area (Å²) in [6.45, 7) is 3.80. The summed E-state index contributed by atoms with van der Waals surface area (Å²) < 4.78 is 1.01. The van der Waals surface area contributed by atoms with E-state index in [1.807, 2.05) is 44.2 Å². The van der Waals surface area contributed by atoms with Crippen LogP contribution in [-0.4, -0.2) is 21.6 Å². The van der Waals surface area contributed by atoms with E-state index in [4.69, 9.17) is 5.73 Å². The molecule has 3 aromatic rings. The normalized spacial score (nSPS) is 10.7. The lowest BCUT2D eigenvalue weighted by Crippen LogP contribution is -2.12. The maximum atomic E-state index is 12.3. The molecule has 3 rings (SSSR count). The summed E-state index contributed by atoms with van der Waals surface area (Å²) >= 11 is 2.70. The van der Waals surface area contributed by atoms with Gasteiger partial charge in [-0.3, -0.25) is 4.79 Å². The summed E-state index contributed by atoms with van der Waals surface area (Å²) in [5.74, 6) is 0.310. The molecule has 29 heavy (non-hydrogen) atoms. The average molecular weight is 423 g/mol. The molecular weight excluding hydrogens is 404 g/mol. The van der Waals surface area contributed by atoms with Crippen molar-refractivity contribution in [3.63, 3.8) is 0 Å². The summed E-state index contributed by atoms with van der Waals surface area (Å²) in [5.41, 5.74) is 7.96. The Kier molecular flexibility index (Phi) is 6.32. The van der Waals surface area contributed by atoms with E-state index < -0.39 is 0 Å². The maximum Gasteiger partial charge on any atom is 0.226 e. The Labute approximate surface area is 176 Å². The number of nitrogens with two attached hydrogens (primary N) is 1. The fourth-order valence-electron chi connectivity index (χ4n) is 2.85. The van der Waals surface area contributed by atoms with Gasteiger partial charge in [0.2, 0.25) is 5.91 Å². The first-order valence-electron chi connectivity index (χ1n) is 8.86. The van der Waals surface area contributed by atoms with Crippen molar-refractivity contribution in [2.24, 2.45) is 0 Å². The third-order valence-corrected chi connectivity index (χ3v) is 6.07. The van der Waals surface area contributed by atoms with Crippen molar-refractivity contribution in [1.29, 1.82) is 10.5 Å². The van der Waals surface area contributed by atoms with E-state index in [1.165, 1.54) is 23.1 Å². The Morgan fingerprint density at radius 2 is 1.97 bits per heavy atom. The topological polar surface area (TPSA) is 128 Å². The van der Waals surface area contributed by atoms with Crippen molar-refractivity contribution in [2.45, 2.75) is 31.2 Å². The molecule has 1 aromatic carbocycles. The quantitative estimate of drug-likeness (QED) is 0.568. The second-order valence-corrected chi connectivity index (χ2v) is 8.59. The van der Waals surface area contributed by atoms with Gasteiger partial charge >= 0.3 is 0 Å². The number of hydrogen-bond donors (Lipinski definition) is 2. The average Bonchev–Trinajstić information content (AvgIpc) is 3.09. The van der Waals surface area contributed by atoms with E-state index in [9.17, 15) is 15.3 Å². The number of fused-ring (bicyclic) bond motifs is 1. The fourth-order valence-corrected chi connectivity index (χ4v) is 4.68. The molecule has 3 N–H and O–H groups in total. The van der Waals surface area contributed by atoms with E-state index in [2.05, 4.69) is 21.4 Å². The largest absolute Gasteiger partial charge is 0.383 e. The Balaban J connectivity index is 1.69. The molecule has 2 heterocycles. The minimum atomic E-state index is -0.166. The van der Waals surface area contributed by atoms with Crippen LogP contribution >= 0.6 is 23.1 Å². The number of carbonyl (C=O) groups excluding carboxylic acids is 1. The third kappa shape index (κ3) is 4.48. The van der Waals surface area contributed by atoms with E-state index in [-0.39, 0.29) is 29.6 Å². The van der Waals surface area contributed by atoms with Crippen molar-refractivity contribution < 1.29 is 4.79 Å². The molecule has 9 heteroatoms. The van der Waals surface area contributed by atoms with Gasteiger partial charge in [0, 0.05) is 12.2 Å². The van der Waals surface area contributed by atoms with Crippen LogP contribution in [-0.2, 0) is 4.79 Å². The highest BCUT2D eigenvalue weighted by Gasteiger charge is 2.21. The molecule has 7 nitrogen and oxygen atoms in total. The number of para-hydroxylation sites is 1. The molecule has 0 aliphatic heterocycles. The van der Waals surface area contributed by atoms with Gasteiger partial charge in [-0.15, -0.1) is 11.8 Å². The first-order chi connectivity index (χ1) is 13.9. The molecule has 0 aliphatic carbocycles. The zero-order chi connectivity index (χ0) is 21.0. The number of nitrogen functional groups attached to an aromatic ring is 1. The van der Waals surface area contributed by atoms with Crippen LogP contribution in [0, 0.1) is 22.7 Å². The van der Waals surface area contributed by atoms with Crippen LogP contribution in [0.4, 0.5) is 10.9 Å². The van der Waals surface area contributed by atoms with Gasteiger partial charge in [-0.2, -0.15) is 10.5 Å². The lowest BCUT2D eigenvalue weighted by Gasteiger charge is -2.15. The minimum absolute atomic E-state index is 0.0497. The lowest BCUT2D eigenvalue weighted by molar-refractivity contribution is -0.115. The molecule has 0 radical (unpaired) electrons. The zero-order valence-electron chi connectivity index (χ0n) is 15.9. The Morgan fingerprint density at radius 3 is 2.62 bits per heavy atom. The second kappa shape index (κ2) is 8.91. The van der Waals surface area contributed by atoms with E-state index in [1.54, 1.807) is 0 Å². The van der Waals surface area contributed by atoms with Crippen LogP contribution in [0.1, 0.15) is 42.9 Å². The van der Waals surface area contributed by atoms with Gasteiger partial charge in [-0.25, -0.2) is 9.97 Å². The predicted octanol–water partition coefficient (Wildman–Crippen LogP) is 4.26. The number of pyridine rings is 1. The van der Waals surface area contributed by atoms with Crippen LogP contribution < -0.4 is 11.1 Å². The van der Waals surface area contributed by atoms with Crippen molar-refractivity contribution in [3.05, 3.63) is 41.0 Å². The summed E-state index contributed by atoms with van der Waals surface area (Å²) in [4.78, 5) is 20.9.